The lowest BCUT2D eigenvalue weighted by atomic mass is 9.96. The van der Waals surface area contributed by atoms with Crippen molar-refractivity contribution in [2.75, 3.05) is 11.9 Å². The van der Waals surface area contributed by atoms with Crippen molar-refractivity contribution >= 4 is 17.6 Å². The van der Waals surface area contributed by atoms with E-state index < -0.39 is 0 Å². The Kier molecular flexibility index (Phi) is 5.23. The number of nitrogens with zero attached hydrogens (tertiary/aromatic N) is 2. The lowest BCUT2D eigenvalue weighted by Gasteiger charge is -2.18. The van der Waals surface area contributed by atoms with Crippen LogP contribution in [0, 0.1) is 0 Å². The summed E-state index contributed by atoms with van der Waals surface area (Å²) in [5, 5.41) is 4.32. The molecule has 21 heavy (non-hydrogen) atoms. The minimum absolute atomic E-state index is 0.0481. The molecule has 4 heteroatoms. The van der Waals surface area contributed by atoms with E-state index in [-0.39, 0.29) is 5.41 Å². The van der Waals surface area contributed by atoms with Crippen LogP contribution >= 0.6 is 11.8 Å². The monoisotopic (exact) mass is 301 g/mol. The lowest BCUT2D eigenvalue weighted by Crippen LogP contribution is -2.17. The molecule has 0 aliphatic carbocycles. The smallest absolute Gasteiger partial charge is 0.137 e. The van der Waals surface area contributed by atoms with Gasteiger partial charge in [0.15, 0.2) is 0 Å². The average molecular weight is 301 g/mol. The molecule has 0 bridgehead atoms. The Bertz CT molecular complexity index is 576. The molecule has 0 radical (unpaired) electrons. The van der Waals surface area contributed by atoms with E-state index in [0.717, 1.165) is 29.0 Å². The number of hydrogen-bond donors (Lipinski definition) is 1. The molecule has 0 aliphatic heterocycles. The van der Waals surface area contributed by atoms with Crippen LogP contribution in [0.4, 0.5) is 5.82 Å². The zero-order valence-corrected chi connectivity index (χ0v) is 14.0. The van der Waals surface area contributed by atoms with Crippen LogP contribution in [0.1, 0.15) is 39.1 Å². The van der Waals surface area contributed by atoms with Gasteiger partial charge >= 0.3 is 0 Å². The predicted molar refractivity (Wildman–Crippen MR) is 90.9 cm³/mol. The van der Waals surface area contributed by atoms with Gasteiger partial charge < -0.3 is 5.32 Å². The van der Waals surface area contributed by atoms with Crippen LogP contribution in [0.25, 0.3) is 0 Å². The van der Waals surface area contributed by atoms with Crippen molar-refractivity contribution in [3.05, 3.63) is 47.8 Å². The first-order chi connectivity index (χ1) is 9.99. The maximum atomic E-state index is 4.71. The minimum Gasteiger partial charge on any atom is -0.370 e. The topological polar surface area (TPSA) is 37.8 Å². The van der Waals surface area contributed by atoms with Crippen LogP contribution in [0.2, 0.25) is 0 Å². The molecule has 0 saturated heterocycles. The first kappa shape index (κ1) is 15.8. The Hall–Kier alpha value is -1.55. The second-order valence-corrected chi connectivity index (χ2v) is 6.97. The number of thioether (sulfide) groups is 1. The highest BCUT2D eigenvalue weighted by molar-refractivity contribution is 7.98. The fraction of sp³-hybridized carbons (Fsp3) is 0.412. The summed E-state index contributed by atoms with van der Waals surface area (Å²) in [5.41, 5.74) is 1.26. The van der Waals surface area contributed by atoms with E-state index >= 15 is 0 Å². The van der Waals surface area contributed by atoms with Gasteiger partial charge in [-0.1, -0.05) is 51.1 Å². The standard InChI is InChI=1S/C17H23N3S/c1-5-18-14-11-15(20-16(19-14)17(2,3)4)21-12-13-9-7-6-8-10-13/h6-11H,5,12H2,1-4H3,(H,18,19,20). The molecule has 0 spiro atoms. The van der Waals surface area contributed by atoms with E-state index in [1.54, 1.807) is 11.8 Å². The number of benzene rings is 1. The van der Waals surface area contributed by atoms with E-state index in [1.165, 1.54) is 5.56 Å². The summed E-state index contributed by atoms with van der Waals surface area (Å²) in [7, 11) is 0. The molecule has 0 fully saturated rings. The van der Waals surface area contributed by atoms with E-state index in [0.29, 0.717) is 0 Å². The van der Waals surface area contributed by atoms with Crippen LogP contribution in [0.3, 0.4) is 0 Å². The number of rotatable bonds is 5. The molecule has 2 aromatic rings. The molecule has 1 heterocycles. The first-order valence-electron chi connectivity index (χ1n) is 7.29. The molecule has 0 unspecified atom stereocenters. The van der Waals surface area contributed by atoms with Gasteiger partial charge in [0.05, 0.1) is 0 Å². The highest BCUT2D eigenvalue weighted by Gasteiger charge is 2.19. The predicted octanol–water partition coefficient (Wildman–Crippen LogP) is 4.50. The van der Waals surface area contributed by atoms with E-state index in [1.807, 2.05) is 12.1 Å². The number of aromatic nitrogens is 2. The van der Waals surface area contributed by atoms with Crippen LogP contribution in [0.15, 0.2) is 41.4 Å². The molecule has 112 valence electrons. The van der Waals surface area contributed by atoms with E-state index in [2.05, 4.69) is 62.3 Å². The maximum Gasteiger partial charge on any atom is 0.137 e. The fourth-order valence-corrected chi connectivity index (χ4v) is 2.69. The summed E-state index contributed by atoms with van der Waals surface area (Å²) >= 11 is 1.75. The third-order valence-corrected chi connectivity index (χ3v) is 3.94. The van der Waals surface area contributed by atoms with Gasteiger partial charge in [-0.05, 0) is 12.5 Å². The lowest BCUT2D eigenvalue weighted by molar-refractivity contribution is 0.539. The van der Waals surface area contributed by atoms with Gasteiger partial charge in [-0.25, -0.2) is 9.97 Å². The quantitative estimate of drug-likeness (QED) is 0.652. The van der Waals surface area contributed by atoms with Gasteiger partial charge in [-0.15, -0.1) is 11.8 Å². The zero-order valence-electron chi connectivity index (χ0n) is 13.2. The highest BCUT2D eigenvalue weighted by Crippen LogP contribution is 2.27. The first-order valence-corrected chi connectivity index (χ1v) is 8.28. The van der Waals surface area contributed by atoms with Crippen molar-refractivity contribution in [3.8, 4) is 0 Å². The van der Waals surface area contributed by atoms with Gasteiger partial charge in [-0.2, -0.15) is 0 Å². The minimum atomic E-state index is -0.0481. The maximum absolute atomic E-state index is 4.71. The third-order valence-electron chi connectivity index (χ3n) is 2.96. The normalized spacial score (nSPS) is 11.4. The van der Waals surface area contributed by atoms with Gasteiger partial charge in [0, 0.05) is 23.8 Å². The molecule has 1 aromatic carbocycles. The van der Waals surface area contributed by atoms with Gasteiger partial charge in [0.2, 0.25) is 0 Å². The summed E-state index contributed by atoms with van der Waals surface area (Å²) in [4.78, 5) is 9.33. The van der Waals surface area contributed by atoms with Crippen LogP contribution < -0.4 is 5.32 Å². The number of hydrogen-bond acceptors (Lipinski definition) is 4. The molecule has 0 amide bonds. The van der Waals surface area contributed by atoms with E-state index in [4.69, 9.17) is 4.98 Å². The second-order valence-electron chi connectivity index (χ2n) is 5.97. The Morgan fingerprint density at radius 2 is 1.81 bits per heavy atom. The van der Waals surface area contributed by atoms with E-state index in [9.17, 15) is 0 Å². The van der Waals surface area contributed by atoms with Gasteiger partial charge in [0.1, 0.15) is 16.7 Å². The summed E-state index contributed by atoms with van der Waals surface area (Å²) < 4.78 is 0. The Morgan fingerprint density at radius 1 is 1.10 bits per heavy atom. The summed E-state index contributed by atoms with van der Waals surface area (Å²) in [6.45, 7) is 9.37. The molecular weight excluding hydrogens is 278 g/mol. The SMILES string of the molecule is CCNc1cc(SCc2ccccc2)nc(C(C)(C)C)n1. The van der Waals surface area contributed by atoms with Crippen molar-refractivity contribution in [1.29, 1.82) is 0 Å². The molecule has 0 saturated carbocycles. The highest BCUT2D eigenvalue weighted by atomic mass is 32.2. The summed E-state index contributed by atoms with van der Waals surface area (Å²) in [6.07, 6.45) is 0. The summed E-state index contributed by atoms with van der Waals surface area (Å²) in [6, 6.07) is 12.5. The molecule has 0 aliphatic rings. The molecular formula is C17H23N3S. The Labute approximate surface area is 131 Å². The molecule has 1 aromatic heterocycles. The Morgan fingerprint density at radius 3 is 2.43 bits per heavy atom. The Balaban J connectivity index is 2.19. The van der Waals surface area contributed by atoms with Crippen molar-refractivity contribution < 1.29 is 0 Å². The van der Waals surface area contributed by atoms with Gasteiger partial charge in [-0.3, -0.25) is 0 Å². The molecule has 1 N–H and O–H groups in total. The van der Waals surface area contributed by atoms with Crippen molar-refractivity contribution in [2.24, 2.45) is 0 Å². The van der Waals surface area contributed by atoms with Crippen molar-refractivity contribution in [2.45, 2.75) is 43.9 Å². The molecule has 2 rings (SSSR count). The van der Waals surface area contributed by atoms with Crippen molar-refractivity contribution in [3.63, 3.8) is 0 Å². The number of nitrogens with one attached hydrogen (secondary N) is 1. The zero-order chi connectivity index (χ0) is 15.3. The van der Waals surface area contributed by atoms with Gasteiger partial charge in [0.25, 0.3) is 0 Å². The second kappa shape index (κ2) is 6.94. The van der Waals surface area contributed by atoms with Crippen LogP contribution in [-0.2, 0) is 11.2 Å². The fourth-order valence-electron chi connectivity index (χ4n) is 1.84. The third kappa shape index (κ3) is 4.74. The van der Waals surface area contributed by atoms with Crippen LogP contribution in [-0.4, -0.2) is 16.5 Å². The largest absolute Gasteiger partial charge is 0.370 e. The number of anilines is 1. The average Bonchev–Trinajstić information content (AvgIpc) is 2.45. The van der Waals surface area contributed by atoms with Crippen LogP contribution in [0.5, 0.6) is 0 Å². The molecule has 3 nitrogen and oxygen atoms in total. The summed E-state index contributed by atoms with van der Waals surface area (Å²) in [5.74, 6) is 2.72. The molecule has 0 atom stereocenters. The van der Waals surface area contributed by atoms with Crippen molar-refractivity contribution in [1.82, 2.24) is 9.97 Å².